The quantitative estimate of drug-likeness (QED) is 0.854. The largest absolute Gasteiger partial charge is 0.381 e. The van der Waals surface area contributed by atoms with Gasteiger partial charge in [0, 0.05) is 18.6 Å². The minimum Gasteiger partial charge on any atom is -0.381 e. The Morgan fingerprint density at radius 2 is 2.10 bits per heavy atom. The van der Waals surface area contributed by atoms with Crippen LogP contribution in [0.15, 0.2) is 21.3 Å². The summed E-state index contributed by atoms with van der Waals surface area (Å²) in [5, 5.41) is 0. The van der Waals surface area contributed by atoms with E-state index in [1.165, 1.54) is 0 Å². The van der Waals surface area contributed by atoms with Crippen molar-refractivity contribution in [3.8, 4) is 0 Å². The monoisotopic (exact) mass is 275 g/mol. The van der Waals surface area contributed by atoms with E-state index >= 15 is 0 Å². The van der Waals surface area contributed by atoms with Crippen LogP contribution in [0.1, 0.15) is 44.9 Å². The van der Waals surface area contributed by atoms with Gasteiger partial charge in [-0.3, -0.25) is 4.79 Å². The summed E-state index contributed by atoms with van der Waals surface area (Å²) in [6.45, 7) is 0. The Labute approximate surface area is 119 Å². The second-order valence-corrected chi connectivity index (χ2v) is 5.79. The zero-order valence-electron chi connectivity index (χ0n) is 11.9. The zero-order valence-corrected chi connectivity index (χ0v) is 11.9. The maximum atomic E-state index is 11.5. The van der Waals surface area contributed by atoms with Gasteiger partial charge in [0.2, 0.25) is 5.91 Å². The molecule has 0 radical (unpaired) electrons. The van der Waals surface area contributed by atoms with Crippen LogP contribution in [0.4, 0.5) is 0 Å². The number of aliphatic imine (C=N–C) groups is 2. The van der Waals surface area contributed by atoms with Gasteiger partial charge in [0.15, 0.2) is 0 Å². The first-order valence-electron chi connectivity index (χ1n) is 7.41. The number of carbonyl (C=O) groups excluding carboxylic acids is 1. The van der Waals surface area contributed by atoms with Gasteiger partial charge in [0.25, 0.3) is 0 Å². The molecule has 1 saturated carbocycles. The van der Waals surface area contributed by atoms with E-state index < -0.39 is 0 Å². The number of methoxy groups -OCH3 is 1. The molecule has 0 spiro atoms. The van der Waals surface area contributed by atoms with Gasteiger partial charge in [-0.2, -0.15) is 0 Å². The molecule has 2 aliphatic carbocycles. The lowest BCUT2D eigenvalue weighted by molar-refractivity contribution is -0.114. The molecule has 0 aromatic carbocycles. The highest BCUT2D eigenvalue weighted by Gasteiger charge is 2.32. The molecule has 5 nitrogen and oxygen atoms in total. The standard InChI is InChI=1S/C15H21N3O2/c1-20-10-5-2-4-9(8-10)15-17-12-7-3-6-11(14(16)19)13(12)18-15/h9-10H,2-8H2,1H3,(H2,16,19). The lowest BCUT2D eigenvalue weighted by Crippen LogP contribution is -2.25. The third-order valence-electron chi connectivity index (χ3n) is 4.50. The predicted molar refractivity (Wildman–Crippen MR) is 77.7 cm³/mol. The normalized spacial score (nSPS) is 29.9. The molecule has 2 N–H and O–H groups in total. The molecule has 3 aliphatic rings. The molecule has 0 aromatic rings. The van der Waals surface area contributed by atoms with Crippen LogP contribution >= 0.6 is 0 Å². The van der Waals surface area contributed by atoms with E-state index in [1.54, 1.807) is 7.11 Å². The smallest absolute Gasteiger partial charge is 0.246 e. The lowest BCUT2D eigenvalue weighted by Gasteiger charge is -2.26. The number of rotatable bonds is 3. The third-order valence-corrected chi connectivity index (χ3v) is 4.50. The summed E-state index contributed by atoms with van der Waals surface area (Å²) in [7, 11) is 1.77. The minimum absolute atomic E-state index is 0.309. The van der Waals surface area contributed by atoms with Crippen molar-refractivity contribution in [2.24, 2.45) is 21.6 Å². The fourth-order valence-corrected chi connectivity index (χ4v) is 3.38. The number of allylic oxidation sites excluding steroid dienone is 1. The van der Waals surface area contributed by atoms with Crippen LogP contribution in [0.3, 0.4) is 0 Å². The molecule has 1 heterocycles. The van der Waals surface area contributed by atoms with Crippen LogP contribution in [0, 0.1) is 5.92 Å². The summed E-state index contributed by atoms with van der Waals surface area (Å²) < 4.78 is 5.47. The number of hydrogen-bond acceptors (Lipinski definition) is 4. The van der Waals surface area contributed by atoms with E-state index in [0.717, 1.165) is 62.2 Å². The van der Waals surface area contributed by atoms with E-state index in [2.05, 4.69) is 9.98 Å². The number of fused-ring (bicyclic) bond motifs is 1. The van der Waals surface area contributed by atoms with Crippen molar-refractivity contribution in [3.05, 3.63) is 11.3 Å². The van der Waals surface area contributed by atoms with Crippen LogP contribution in [0.5, 0.6) is 0 Å². The van der Waals surface area contributed by atoms with Crippen molar-refractivity contribution in [1.29, 1.82) is 0 Å². The number of amidine groups is 1. The predicted octanol–water partition coefficient (Wildman–Crippen LogP) is 1.97. The lowest BCUT2D eigenvalue weighted by atomic mass is 9.86. The summed E-state index contributed by atoms with van der Waals surface area (Å²) in [5.41, 5.74) is 7.83. The highest BCUT2D eigenvalue weighted by atomic mass is 16.5. The van der Waals surface area contributed by atoms with Crippen LogP contribution in [-0.2, 0) is 9.53 Å². The molecule has 1 fully saturated rings. The first kappa shape index (κ1) is 13.5. The zero-order chi connectivity index (χ0) is 14.1. The number of amides is 1. The number of primary amides is 1. The summed E-state index contributed by atoms with van der Waals surface area (Å²) in [4.78, 5) is 20.8. The van der Waals surface area contributed by atoms with Crippen LogP contribution in [0.25, 0.3) is 0 Å². The molecule has 0 aromatic heterocycles. The van der Waals surface area contributed by atoms with Gasteiger partial charge in [0.1, 0.15) is 5.84 Å². The van der Waals surface area contributed by atoms with E-state index in [9.17, 15) is 4.79 Å². The molecular weight excluding hydrogens is 254 g/mol. The molecular formula is C15H21N3O2. The topological polar surface area (TPSA) is 77.0 Å². The number of ether oxygens (including phenoxy) is 1. The molecule has 3 rings (SSSR count). The number of hydrogen-bond donors (Lipinski definition) is 1. The fraction of sp³-hybridized carbons (Fsp3) is 0.667. The van der Waals surface area contributed by atoms with E-state index in [4.69, 9.17) is 10.5 Å². The minimum atomic E-state index is -0.351. The first-order chi connectivity index (χ1) is 9.69. The Balaban J connectivity index is 1.86. The summed E-state index contributed by atoms with van der Waals surface area (Å²) in [5.74, 6) is 0.890. The number of carbonyl (C=O) groups is 1. The molecule has 1 aliphatic heterocycles. The molecule has 2 atom stereocenters. The summed E-state index contributed by atoms with van der Waals surface area (Å²) in [6.07, 6.45) is 7.23. The van der Waals surface area contributed by atoms with Gasteiger partial charge in [-0.05, 0) is 38.5 Å². The van der Waals surface area contributed by atoms with Gasteiger partial charge in [0.05, 0.1) is 17.5 Å². The Bertz CT molecular complexity index is 519. The third kappa shape index (κ3) is 2.42. The van der Waals surface area contributed by atoms with E-state index in [1.807, 2.05) is 0 Å². The Morgan fingerprint density at radius 1 is 1.25 bits per heavy atom. The molecule has 0 bridgehead atoms. The van der Waals surface area contributed by atoms with Crippen molar-refractivity contribution in [3.63, 3.8) is 0 Å². The summed E-state index contributed by atoms with van der Waals surface area (Å²) in [6, 6.07) is 0. The maximum absolute atomic E-state index is 11.5. The maximum Gasteiger partial charge on any atom is 0.246 e. The number of nitrogens with two attached hydrogens (primary N) is 1. The summed E-state index contributed by atoms with van der Waals surface area (Å²) >= 11 is 0. The van der Waals surface area contributed by atoms with E-state index in [-0.39, 0.29) is 5.91 Å². The van der Waals surface area contributed by atoms with Gasteiger partial charge >= 0.3 is 0 Å². The molecule has 1 amide bonds. The van der Waals surface area contributed by atoms with Crippen LogP contribution < -0.4 is 5.73 Å². The average molecular weight is 275 g/mol. The van der Waals surface area contributed by atoms with Crippen molar-refractivity contribution >= 4 is 17.5 Å². The Morgan fingerprint density at radius 3 is 2.85 bits per heavy atom. The fourth-order valence-electron chi connectivity index (χ4n) is 3.38. The van der Waals surface area contributed by atoms with Crippen molar-refractivity contribution in [2.45, 2.75) is 51.0 Å². The molecule has 0 saturated heterocycles. The molecule has 20 heavy (non-hydrogen) atoms. The van der Waals surface area contributed by atoms with Crippen LogP contribution in [-0.4, -0.2) is 30.7 Å². The molecule has 2 unspecified atom stereocenters. The Hall–Kier alpha value is -1.49. The van der Waals surface area contributed by atoms with Crippen LogP contribution in [0.2, 0.25) is 0 Å². The van der Waals surface area contributed by atoms with Gasteiger partial charge in [-0.15, -0.1) is 0 Å². The molecule has 5 heteroatoms. The van der Waals surface area contributed by atoms with Crippen molar-refractivity contribution < 1.29 is 9.53 Å². The first-order valence-corrected chi connectivity index (χ1v) is 7.41. The molecule has 108 valence electrons. The second kappa shape index (κ2) is 5.48. The highest BCUT2D eigenvalue weighted by molar-refractivity contribution is 6.17. The number of nitrogens with zero attached hydrogens (tertiary/aromatic N) is 2. The Kier molecular flexibility index (Phi) is 3.70. The van der Waals surface area contributed by atoms with Gasteiger partial charge < -0.3 is 10.5 Å². The van der Waals surface area contributed by atoms with Gasteiger partial charge in [-0.1, -0.05) is 6.42 Å². The van der Waals surface area contributed by atoms with Crippen molar-refractivity contribution in [1.82, 2.24) is 0 Å². The van der Waals surface area contributed by atoms with Gasteiger partial charge in [-0.25, -0.2) is 9.98 Å². The highest BCUT2D eigenvalue weighted by Crippen LogP contribution is 2.33. The van der Waals surface area contributed by atoms with E-state index in [0.29, 0.717) is 17.6 Å². The second-order valence-electron chi connectivity index (χ2n) is 5.79. The average Bonchev–Trinajstić information content (AvgIpc) is 2.91. The van der Waals surface area contributed by atoms with Crippen molar-refractivity contribution in [2.75, 3.05) is 7.11 Å². The SMILES string of the molecule is COC1CCCC(C2=NC3=C(C(N)=O)CCCC3=N2)C1.